The van der Waals surface area contributed by atoms with E-state index in [1.165, 1.54) is 13.4 Å². The van der Waals surface area contributed by atoms with Crippen LogP contribution >= 0.6 is 34.4 Å². The largest absolute Gasteiger partial charge is 0.455 e. The molecule has 15 heavy (non-hydrogen) atoms. The summed E-state index contributed by atoms with van der Waals surface area (Å²) in [4.78, 5) is 2.38. The highest BCUT2D eigenvalue weighted by Crippen LogP contribution is 2.46. The van der Waals surface area contributed by atoms with Crippen LogP contribution in [0.3, 0.4) is 0 Å². The van der Waals surface area contributed by atoms with Gasteiger partial charge in [-0.3, -0.25) is 0 Å². The number of halogens is 1. The third-order valence-corrected chi connectivity index (χ3v) is 3.98. The molecule has 0 N–H and O–H groups in total. The Morgan fingerprint density at radius 3 is 2.67 bits per heavy atom. The molecular formula is C12H7IOS. The number of hydrogen-bond donors (Lipinski definition) is 0. The van der Waals surface area contributed by atoms with E-state index in [1.54, 1.807) is 11.8 Å². The van der Waals surface area contributed by atoms with Crippen molar-refractivity contribution in [3.63, 3.8) is 0 Å². The monoisotopic (exact) mass is 326 g/mol. The van der Waals surface area contributed by atoms with E-state index in [-0.39, 0.29) is 0 Å². The Labute approximate surface area is 106 Å². The first-order valence-electron chi connectivity index (χ1n) is 4.57. The molecular weight excluding hydrogens is 319 g/mol. The molecule has 1 heterocycles. The number of fused-ring (bicyclic) bond motifs is 2. The van der Waals surface area contributed by atoms with E-state index in [0.29, 0.717) is 0 Å². The second kappa shape index (κ2) is 3.72. The molecule has 0 saturated heterocycles. The first kappa shape index (κ1) is 9.54. The number of hydrogen-bond acceptors (Lipinski definition) is 2. The van der Waals surface area contributed by atoms with E-state index in [0.717, 1.165) is 11.5 Å². The molecule has 1 aliphatic rings. The number of para-hydroxylation sites is 1. The quantitative estimate of drug-likeness (QED) is 0.561. The molecule has 1 nitrogen and oxygen atoms in total. The molecule has 0 amide bonds. The Bertz CT molecular complexity index is 525. The Kier molecular flexibility index (Phi) is 2.36. The normalized spacial score (nSPS) is 12.6. The van der Waals surface area contributed by atoms with Crippen molar-refractivity contribution >= 4 is 34.4 Å². The molecule has 0 unspecified atom stereocenters. The molecule has 0 saturated carbocycles. The van der Waals surface area contributed by atoms with Gasteiger partial charge < -0.3 is 4.74 Å². The van der Waals surface area contributed by atoms with Crippen molar-refractivity contribution in [2.75, 3.05) is 0 Å². The lowest BCUT2D eigenvalue weighted by Gasteiger charge is -2.19. The maximum atomic E-state index is 5.83. The second-order valence-corrected chi connectivity index (χ2v) is 5.57. The zero-order valence-electron chi connectivity index (χ0n) is 7.74. The summed E-state index contributed by atoms with van der Waals surface area (Å²) < 4.78 is 7.03. The Morgan fingerprint density at radius 1 is 0.933 bits per heavy atom. The molecule has 0 fully saturated rings. The van der Waals surface area contributed by atoms with Gasteiger partial charge in [0, 0.05) is 3.57 Å². The van der Waals surface area contributed by atoms with Gasteiger partial charge in [-0.15, -0.1) is 0 Å². The van der Waals surface area contributed by atoms with Crippen LogP contribution in [0.25, 0.3) is 0 Å². The first-order valence-corrected chi connectivity index (χ1v) is 6.47. The summed E-state index contributed by atoms with van der Waals surface area (Å²) >= 11 is 4.06. The molecule has 0 atom stereocenters. The fourth-order valence-corrected chi connectivity index (χ4v) is 2.90. The standard InChI is InChI=1S/C12H7IOS/c13-8-5-6-12-10(7-8)14-9-3-1-2-4-11(9)15-12/h1-7H. The second-order valence-electron chi connectivity index (χ2n) is 3.24. The van der Waals surface area contributed by atoms with Crippen molar-refractivity contribution in [1.82, 2.24) is 0 Å². The van der Waals surface area contributed by atoms with Gasteiger partial charge in [0.1, 0.15) is 11.5 Å². The molecule has 3 rings (SSSR count). The van der Waals surface area contributed by atoms with Gasteiger partial charge in [0.05, 0.1) is 9.79 Å². The molecule has 3 heteroatoms. The zero-order valence-corrected chi connectivity index (χ0v) is 10.7. The van der Waals surface area contributed by atoms with E-state index >= 15 is 0 Å². The summed E-state index contributed by atoms with van der Waals surface area (Å²) in [6.45, 7) is 0. The van der Waals surface area contributed by atoms with E-state index in [9.17, 15) is 0 Å². The Morgan fingerprint density at radius 2 is 1.73 bits per heavy atom. The van der Waals surface area contributed by atoms with Crippen LogP contribution in [0.1, 0.15) is 0 Å². The third-order valence-electron chi connectivity index (χ3n) is 2.19. The van der Waals surface area contributed by atoms with Gasteiger partial charge in [-0.25, -0.2) is 0 Å². The summed E-state index contributed by atoms with van der Waals surface area (Å²) in [5.74, 6) is 1.92. The van der Waals surface area contributed by atoms with Crippen molar-refractivity contribution in [2.45, 2.75) is 9.79 Å². The number of benzene rings is 2. The molecule has 1 aliphatic heterocycles. The summed E-state index contributed by atoms with van der Waals surface area (Å²) in [6.07, 6.45) is 0. The number of rotatable bonds is 0. The van der Waals surface area contributed by atoms with Crippen molar-refractivity contribution in [1.29, 1.82) is 0 Å². The van der Waals surface area contributed by atoms with E-state index in [1.807, 2.05) is 18.2 Å². The first-order chi connectivity index (χ1) is 7.33. The minimum absolute atomic E-state index is 0.956. The van der Waals surface area contributed by atoms with Crippen LogP contribution in [0.15, 0.2) is 52.3 Å². The minimum Gasteiger partial charge on any atom is -0.455 e. The van der Waals surface area contributed by atoms with Gasteiger partial charge in [-0.2, -0.15) is 0 Å². The molecule has 74 valence electrons. The number of ether oxygens (including phenoxy) is 1. The molecule has 0 aromatic heterocycles. The molecule has 0 bridgehead atoms. The average molecular weight is 326 g/mol. The van der Waals surface area contributed by atoms with Gasteiger partial charge in [0.25, 0.3) is 0 Å². The summed E-state index contributed by atoms with van der Waals surface area (Å²) in [7, 11) is 0. The predicted molar refractivity (Wildman–Crippen MR) is 69.8 cm³/mol. The lowest BCUT2D eigenvalue weighted by atomic mass is 10.3. The molecule has 0 spiro atoms. The lowest BCUT2D eigenvalue weighted by Crippen LogP contribution is -1.94. The summed E-state index contributed by atoms with van der Waals surface area (Å²) in [5.41, 5.74) is 0. The van der Waals surface area contributed by atoms with E-state index in [4.69, 9.17) is 4.74 Å². The predicted octanol–water partition coefficient (Wildman–Crippen LogP) is 4.55. The average Bonchev–Trinajstić information content (AvgIpc) is 2.26. The summed E-state index contributed by atoms with van der Waals surface area (Å²) in [5, 5.41) is 0. The van der Waals surface area contributed by atoms with Gasteiger partial charge in [0.2, 0.25) is 0 Å². The third kappa shape index (κ3) is 1.74. The SMILES string of the molecule is Ic1ccc2c(c1)Oc1ccccc1S2. The Balaban J connectivity index is 2.11. The maximum absolute atomic E-state index is 5.83. The van der Waals surface area contributed by atoms with Crippen LogP contribution in [-0.2, 0) is 0 Å². The molecule has 0 radical (unpaired) electrons. The van der Waals surface area contributed by atoms with Crippen LogP contribution in [0.4, 0.5) is 0 Å². The highest BCUT2D eigenvalue weighted by Gasteiger charge is 2.16. The Hall–Kier alpha value is -0.680. The van der Waals surface area contributed by atoms with Gasteiger partial charge in [0.15, 0.2) is 0 Å². The van der Waals surface area contributed by atoms with Crippen LogP contribution in [0.2, 0.25) is 0 Å². The highest BCUT2D eigenvalue weighted by atomic mass is 127. The topological polar surface area (TPSA) is 9.23 Å². The molecule has 2 aromatic rings. The van der Waals surface area contributed by atoms with E-state index < -0.39 is 0 Å². The highest BCUT2D eigenvalue weighted by molar-refractivity contribution is 14.1. The fourth-order valence-electron chi connectivity index (χ4n) is 1.50. The maximum Gasteiger partial charge on any atom is 0.142 e. The van der Waals surface area contributed by atoms with Crippen LogP contribution in [-0.4, -0.2) is 0 Å². The zero-order chi connectivity index (χ0) is 10.3. The molecule has 2 aromatic carbocycles. The summed E-state index contributed by atoms with van der Waals surface area (Å²) in [6, 6.07) is 14.4. The van der Waals surface area contributed by atoms with Crippen molar-refractivity contribution in [3.8, 4) is 11.5 Å². The van der Waals surface area contributed by atoms with Crippen molar-refractivity contribution < 1.29 is 4.74 Å². The molecule has 0 aliphatic carbocycles. The minimum atomic E-state index is 0.956. The fraction of sp³-hybridized carbons (Fsp3) is 0. The van der Waals surface area contributed by atoms with Gasteiger partial charge >= 0.3 is 0 Å². The lowest BCUT2D eigenvalue weighted by molar-refractivity contribution is 0.454. The van der Waals surface area contributed by atoms with Crippen molar-refractivity contribution in [3.05, 3.63) is 46.0 Å². The van der Waals surface area contributed by atoms with Crippen LogP contribution in [0, 0.1) is 3.57 Å². The van der Waals surface area contributed by atoms with Gasteiger partial charge in [-0.1, -0.05) is 23.9 Å². The van der Waals surface area contributed by atoms with Crippen molar-refractivity contribution in [2.24, 2.45) is 0 Å². The van der Waals surface area contributed by atoms with Gasteiger partial charge in [-0.05, 0) is 52.9 Å². The van der Waals surface area contributed by atoms with Crippen LogP contribution < -0.4 is 4.74 Å². The smallest absolute Gasteiger partial charge is 0.142 e. The van der Waals surface area contributed by atoms with Crippen LogP contribution in [0.5, 0.6) is 11.5 Å². The van der Waals surface area contributed by atoms with E-state index in [2.05, 4.69) is 46.9 Å².